The van der Waals surface area contributed by atoms with E-state index in [-0.39, 0.29) is 0 Å². The predicted molar refractivity (Wildman–Crippen MR) is 41.5 cm³/mol. The molecular formula is C8H15N2. The molecule has 1 unspecified atom stereocenters. The van der Waals surface area contributed by atoms with Crippen LogP contribution < -0.4 is 5.32 Å². The van der Waals surface area contributed by atoms with Crippen molar-refractivity contribution in [1.82, 2.24) is 10.2 Å². The standard InChI is InChI=1S/C8H15N2/c1-2-4-6-10(5-3-1)8-7-9-8/h3,8-9H,1-2,4-7H2. The van der Waals surface area contributed by atoms with Crippen LogP contribution >= 0.6 is 0 Å². The lowest BCUT2D eigenvalue weighted by molar-refractivity contribution is 0.288. The molecule has 1 radical (unpaired) electrons. The van der Waals surface area contributed by atoms with Crippen LogP contribution in [0.5, 0.6) is 0 Å². The van der Waals surface area contributed by atoms with Gasteiger partial charge in [0.15, 0.2) is 0 Å². The van der Waals surface area contributed by atoms with Gasteiger partial charge in [0.25, 0.3) is 0 Å². The lowest BCUT2D eigenvalue weighted by Crippen LogP contribution is -2.29. The summed E-state index contributed by atoms with van der Waals surface area (Å²) in [4.78, 5) is 2.53. The number of likely N-dealkylation sites (tertiary alicyclic amines) is 1. The summed E-state index contributed by atoms with van der Waals surface area (Å²) in [7, 11) is 0. The van der Waals surface area contributed by atoms with Crippen LogP contribution in [0.25, 0.3) is 0 Å². The highest BCUT2D eigenvalue weighted by molar-refractivity contribution is 4.88. The zero-order chi connectivity index (χ0) is 6.81. The van der Waals surface area contributed by atoms with Crippen molar-refractivity contribution >= 4 is 0 Å². The Balaban J connectivity index is 1.81. The topological polar surface area (TPSA) is 25.2 Å². The Morgan fingerprint density at radius 3 is 3.10 bits per heavy atom. The van der Waals surface area contributed by atoms with Crippen molar-refractivity contribution in [2.24, 2.45) is 0 Å². The van der Waals surface area contributed by atoms with Crippen molar-refractivity contribution in [2.45, 2.75) is 25.4 Å². The number of nitrogens with zero attached hydrogens (tertiary/aromatic N) is 1. The quantitative estimate of drug-likeness (QED) is 0.538. The minimum Gasteiger partial charge on any atom is -0.298 e. The Morgan fingerprint density at radius 1 is 1.40 bits per heavy atom. The zero-order valence-electron chi connectivity index (χ0n) is 6.34. The van der Waals surface area contributed by atoms with Crippen LogP contribution in [0.1, 0.15) is 19.3 Å². The maximum Gasteiger partial charge on any atom is 0.0727 e. The Kier molecular flexibility index (Phi) is 1.91. The van der Waals surface area contributed by atoms with Gasteiger partial charge < -0.3 is 0 Å². The van der Waals surface area contributed by atoms with Crippen molar-refractivity contribution < 1.29 is 0 Å². The molecule has 1 N–H and O–H groups in total. The second-order valence-electron chi connectivity index (χ2n) is 3.20. The monoisotopic (exact) mass is 139 g/mol. The van der Waals surface area contributed by atoms with E-state index in [1.54, 1.807) is 0 Å². The summed E-state index contributed by atoms with van der Waals surface area (Å²) in [5.41, 5.74) is 0. The Bertz CT molecular complexity index is 102. The fourth-order valence-electron chi connectivity index (χ4n) is 1.55. The molecule has 0 bridgehead atoms. The molecule has 57 valence electrons. The SMILES string of the molecule is [CH]1CCCCN(C2CN2)C1. The summed E-state index contributed by atoms with van der Waals surface area (Å²) in [5, 5.41) is 3.34. The summed E-state index contributed by atoms with van der Waals surface area (Å²) in [5.74, 6) is 0. The highest BCUT2D eigenvalue weighted by Crippen LogP contribution is 2.14. The molecule has 0 aliphatic carbocycles. The molecule has 2 aliphatic heterocycles. The van der Waals surface area contributed by atoms with Gasteiger partial charge in [0.2, 0.25) is 0 Å². The van der Waals surface area contributed by atoms with E-state index in [0.717, 1.165) is 6.17 Å². The van der Waals surface area contributed by atoms with E-state index in [1.807, 2.05) is 0 Å². The van der Waals surface area contributed by atoms with Crippen molar-refractivity contribution in [3.05, 3.63) is 6.42 Å². The van der Waals surface area contributed by atoms with Gasteiger partial charge in [-0.05, 0) is 25.8 Å². The number of nitrogens with one attached hydrogen (secondary N) is 1. The maximum absolute atomic E-state index is 3.34. The van der Waals surface area contributed by atoms with Gasteiger partial charge in [0.05, 0.1) is 6.17 Å². The molecule has 0 aromatic rings. The molecule has 2 fully saturated rings. The molecule has 0 aromatic carbocycles. The van der Waals surface area contributed by atoms with Gasteiger partial charge in [0, 0.05) is 13.1 Å². The first-order valence-electron chi connectivity index (χ1n) is 4.26. The van der Waals surface area contributed by atoms with Crippen molar-refractivity contribution in [2.75, 3.05) is 19.6 Å². The van der Waals surface area contributed by atoms with E-state index < -0.39 is 0 Å². The lowest BCUT2D eigenvalue weighted by Gasteiger charge is -2.16. The van der Waals surface area contributed by atoms with Gasteiger partial charge in [-0.25, -0.2) is 0 Å². The molecule has 2 saturated heterocycles. The summed E-state index contributed by atoms with van der Waals surface area (Å²) in [6.45, 7) is 3.72. The van der Waals surface area contributed by atoms with Crippen LogP contribution in [0.15, 0.2) is 0 Å². The molecule has 2 heteroatoms. The van der Waals surface area contributed by atoms with Crippen LogP contribution in [-0.4, -0.2) is 30.7 Å². The molecule has 0 saturated carbocycles. The molecule has 0 amide bonds. The molecular weight excluding hydrogens is 124 g/mol. The Morgan fingerprint density at radius 2 is 2.30 bits per heavy atom. The van der Waals surface area contributed by atoms with E-state index in [1.165, 1.54) is 38.9 Å². The summed E-state index contributed by atoms with van der Waals surface area (Å²) in [6.07, 6.45) is 7.24. The van der Waals surface area contributed by atoms with Crippen molar-refractivity contribution in [3.8, 4) is 0 Å². The lowest BCUT2D eigenvalue weighted by atomic mass is 10.2. The summed E-state index contributed by atoms with van der Waals surface area (Å²) < 4.78 is 0. The minimum absolute atomic E-state index is 0.731. The second-order valence-corrected chi connectivity index (χ2v) is 3.20. The smallest absolute Gasteiger partial charge is 0.0727 e. The van der Waals surface area contributed by atoms with Crippen molar-refractivity contribution in [3.63, 3.8) is 0 Å². The van der Waals surface area contributed by atoms with Gasteiger partial charge in [-0.15, -0.1) is 0 Å². The second kappa shape index (κ2) is 2.89. The minimum atomic E-state index is 0.731. The Labute approximate surface area is 62.6 Å². The first-order valence-corrected chi connectivity index (χ1v) is 4.26. The molecule has 0 spiro atoms. The average molecular weight is 139 g/mol. The maximum atomic E-state index is 3.34. The van der Waals surface area contributed by atoms with E-state index >= 15 is 0 Å². The van der Waals surface area contributed by atoms with Gasteiger partial charge in [-0.1, -0.05) is 6.42 Å². The number of hydrogen-bond donors (Lipinski definition) is 1. The molecule has 2 heterocycles. The third-order valence-corrected chi connectivity index (χ3v) is 2.29. The highest BCUT2D eigenvalue weighted by atomic mass is 15.4. The molecule has 0 aromatic heterocycles. The van der Waals surface area contributed by atoms with Crippen LogP contribution in [0, 0.1) is 6.42 Å². The number of hydrogen-bond acceptors (Lipinski definition) is 2. The molecule has 2 rings (SSSR count). The first kappa shape index (κ1) is 6.62. The van der Waals surface area contributed by atoms with Crippen molar-refractivity contribution in [1.29, 1.82) is 0 Å². The summed E-state index contributed by atoms with van der Waals surface area (Å²) in [6, 6.07) is 0. The predicted octanol–water partition coefficient (Wildman–Crippen LogP) is 0.606. The average Bonchev–Trinajstić information content (AvgIpc) is 2.76. The summed E-state index contributed by atoms with van der Waals surface area (Å²) >= 11 is 0. The third kappa shape index (κ3) is 1.50. The van der Waals surface area contributed by atoms with E-state index in [2.05, 4.69) is 16.6 Å². The fourth-order valence-corrected chi connectivity index (χ4v) is 1.55. The van der Waals surface area contributed by atoms with Gasteiger partial charge >= 0.3 is 0 Å². The normalized spacial score (nSPS) is 35.4. The molecule has 2 aliphatic rings. The molecule has 10 heavy (non-hydrogen) atoms. The van der Waals surface area contributed by atoms with Gasteiger partial charge in [-0.2, -0.15) is 0 Å². The largest absolute Gasteiger partial charge is 0.298 e. The van der Waals surface area contributed by atoms with E-state index in [9.17, 15) is 0 Å². The highest BCUT2D eigenvalue weighted by Gasteiger charge is 2.27. The van der Waals surface area contributed by atoms with E-state index in [4.69, 9.17) is 0 Å². The fraction of sp³-hybridized carbons (Fsp3) is 0.875. The van der Waals surface area contributed by atoms with Crippen LogP contribution in [0.3, 0.4) is 0 Å². The Hall–Kier alpha value is -0.0800. The molecule has 2 nitrogen and oxygen atoms in total. The first-order chi connectivity index (χ1) is 4.97. The van der Waals surface area contributed by atoms with Crippen LogP contribution in [-0.2, 0) is 0 Å². The number of rotatable bonds is 1. The van der Waals surface area contributed by atoms with Crippen LogP contribution in [0.2, 0.25) is 0 Å². The van der Waals surface area contributed by atoms with Gasteiger partial charge in [0.1, 0.15) is 0 Å². The third-order valence-electron chi connectivity index (χ3n) is 2.29. The van der Waals surface area contributed by atoms with Crippen LogP contribution in [0.4, 0.5) is 0 Å². The van der Waals surface area contributed by atoms with Gasteiger partial charge in [-0.3, -0.25) is 10.2 Å². The molecule has 1 atom stereocenters. The van der Waals surface area contributed by atoms with E-state index in [0.29, 0.717) is 0 Å². The zero-order valence-corrected chi connectivity index (χ0v) is 6.34.